The van der Waals surface area contributed by atoms with E-state index in [0.29, 0.717) is 0 Å². The minimum Gasteiger partial charge on any atom is -0.381 e. The number of nitrogens with one attached hydrogen (secondary N) is 1. The molecular formula is C12H23NO. The van der Waals surface area contributed by atoms with Gasteiger partial charge in [0.25, 0.3) is 0 Å². The molecule has 2 rings (SSSR count). The number of ether oxygens (including phenoxy) is 1. The third-order valence-corrected chi connectivity index (χ3v) is 3.66. The van der Waals surface area contributed by atoms with E-state index < -0.39 is 0 Å². The summed E-state index contributed by atoms with van der Waals surface area (Å²) in [5.41, 5.74) is 0. The monoisotopic (exact) mass is 197 g/mol. The Kier molecular flexibility index (Phi) is 4.26. The van der Waals surface area contributed by atoms with E-state index in [1.165, 1.54) is 51.6 Å². The van der Waals surface area contributed by atoms with Crippen LogP contribution in [0.1, 0.15) is 38.5 Å². The van der Waals surface area contributed by atoms with Gasteiger partial charge in [-0.25, -0.2) is 0 Å². The highest BCUT2D eigenvalue weighted by Gasteiger charge is 2.16. The van der Waals surface area contributed by atoms with Crippen LogP contribution in [-0.2, 0) is 4.74 Å². The van der Waals surface area contributed by atoms with Gasteiger partial charge in [-0.1, -0.05) is 12.8 Å². The van der Waals surface area contributed by atoms with Gasteiger partial charge in [0, 0.05) is 13.2 Å². The van der Waals surface area contributed by atoms with Crippen LogP contribution >= 0.6 is 0 Å². The summed E-state index contributed by atoms with van der Waals surface area (Å²) in [6, 6.07) is 0. The van der Waals surface area contributed by atoms with Gasteiger partial charge >= 0.3 is 0 Å². The van der Waals surface area contributed by atoms with Crippen molar-refractivity contribution in [2.75, 3.05) is 26.3 Å². The lowest BCUT2D eigenvalue weighted by atomic mass is 10.1. The summed E-state index contributed by atoms with van der Waals surface area (Å²) < 4.78 is 5.75. The maximum Gasteiger partial charge on any atom is 0.0494 e. The van der Waals surface area contributed by atoms with Gasteiger partial charge in [-0.3, -0.25) is 0 Å². The molecule has 1 saturated carbocycles. The molecule has 0 radical (unpaired) electrons. The van der Waals surface area contributed by atoms with Crippen LogP contribution in [0, 0.1) is 11.8 Å². The third-order valence-electron chi connectivity index (χ3n) is 3.66. The average molecular weight is 197 g/mol. The van der Waals surface area contributed by atoms with Crippen molar-refractivity contribution in [2.24, 2.45) is 11.8 Å². The highest BCUT2D eigenvalue weighted by molar-refractivity contribution is 4.71. The first kappa shape index (κ1) is 10.4. The molecule has 82 valence electrons. The van der Waals surface area contributed by atoms with Crippen molar-refractivity contribution in [3.8, 4) is 0 Å². The van der Waals surface area contributed by atoms with Crippen molar-refractivity contribution in [3.05, 3.63) is 0 Å². The molecule has 0 aromatic rings. The van der Waals surface area contributed by atoms with Gasteiger partial charge in [0.15, 0.2) is 0 Å². The van der Waals surface area contributed by atoms with Crippen LogP contribution in [0.4, 0.5) is 0 Å². The van der Waals surface area contributed by atoms with Gasteiger partial charge in [0.05, 0.1) is 0 Å². The van der Waals surface area contributed by atoms with Crippen molar-refractivity contribution < 1.29 is 4.74 Å². The van der Waals surface area contributed by atoms with Crippen molar-refractivity contribution in [2.45, 2.75) is 38.5 Å². The topological polar surface area (TPSA) is 21.3 Å². The lowest BCUT2D eigenvalue weighted by molar-refractivity contribution is 0.0916. The molecule has 0 aromatic carbocycles. The lowest BCUT2D eigenvalue weighted by Crippen LogP contribution is -2.12. The Bertz CT molecular complexity index is 130. The van der Waals surface area contributed by atoms with E-state index in [0.717, 1.165) is 25.0 Å². The summed E-state index contributed by atoms with van der Waals surface area (Å²) in [7, 11) is 0. The normalized spacial score (nSPS) is 28.7. The molecule has 0 spiro atoms. The molecule has 0 aromatic heterocycles. The van der Waals surface area contributed by atoms with E-state index in [-0.39, 0.29) is 0 Å². The summed E-state index contributed by atoms with van der Waals surface area (Å²) in [5.74, 6) is 1.77. The minimum atomic E-state index is 0.886. The Morgan fingerprint density at radius 3 is 2.64 bits per heavy atom. The van der Waals surface area contributed by atoms with Crippen LogP contribution in [0.25, 0.3) is 0 Å². The maximum absolute atomic E-state index is 5.75. The smallest absolute Gasteiger partial charge is 0.0494 e. The molecule has 0 bridgehead atoms. The fourth-order valence-corrected chi connectivity index (χ4v) is 2.64. The van der Waals surface area contributed by atoms with Gasteiger partial charge in [-0.05, 0) is 50.6 Å². The van der Waals surface area contributed by atoms with E-state index in [1.807, 2.05) is 0 Å². The van der Waals surface area contributed by atoms with Crippen LogP contribution in [-0.4, -0.2) is 26.3 Å². The fourth-order valence-electron chi connectivity index (χ4n) is 2.64. The zero-order valence-electron chi connectivity index (χ0n) is 9.13. The number of rotatable bonds is 5. The quantitative estimate of drug-likeness (QED) is 0.682. The summed E-state index contributed by atoms with van der Waals surface area (Å²) in [6.45, 7) is 4.45. The standard InChI is InChI=1S/C12H23NO/c1-2-4-12(3-1)10-14-8-6-11-5-7-13-9-11/h11-13H,1-10H2. The Morgan fingerprint density at radius 1 is 1.07 bits per heavy atom. The van der Waals surface area contributed by atoms with E-state index >= 15 is 0 Å². The van der Waals surface area contributed by atoms with E-state index in [4.69, 9.17) is 4.74 Å². The summed E-state index contributed by atoms with van der Waals surface area (Å²) in [6.07, 6.45) is 8.30. The van der Waals surface area contributed by atoms with E-state index in [9.17, 15) is 0 Å². The molecule has 1 N–H and O–H groups in total. The van der Waals surface area contributed by atoms with Crippen LogP contribution in [0.5, 0.6) is 0 Å². The van der Waals surface area contributed by atoms with Gasteiger partial charge < -0.3 is 10.1 Å². The van der Waals surface area contributed by atoms with Crippen LogP contribution in [0.2, 0.25) is 0 Å². The largest absolute Gasteiger partial charge is 0.381 e. The molecule has 2 nitrogen and oxygen atoms in total. The number of hydrogen-bond acceptors (Lipinski definition) is 2. The van der Waals surface area contributed by atoms with E-state index in [1.54, 1.807) is 0 Å². The van der Waals surface area contributed by atoms with Gasteiger partial charge in [-0.15, -0.1) is 0 Å². The maximum atomic E-state index is 5.75. The highest BCUT2D eigenvalue weighted by Crippen LogP contribution is 2.24. The second-order valence-electron chi connectivity index (χ2n) is 4.87. The molecule has 1 atom stereocenters. The Balaban J connectivity index is 1.46. The third kappa shape index (κ3) is 3.25. The molecule has 2 aliphatic rings. The predicted molar refractivity (Wildman–Crippen MR) is 58.4 cm³/mol. The molecule has 14 heavy (non-hydrogen) atoms. The summed E-state index contributed by atoms with van der Waals surface area (Å²) >= 11 is 0. The predicted octanol–water partition coefficient (Wildman–Crippen LogP) is 2.19. The molecule has 0 amide bonds. The second-order valence-corrected chi connectivity index (χ2v) is 4.87. The van der Waals surface area contributed by atoms with Crippen molar-refractivity contribution in [1.29, 1.82) is 0 Å². The van der Waals surface area contributed by atoms with Crippen molar-refractivity contribution >= 4 is 0 Å². The minimum absolute atomic E-state index is 0.886. The van der Waals surface area contributed by atoms with Gasteiger partial charge in [0.2, 0.25) is 0 Å². The number of hydrogen-bond donors (Lipinski definition) is 1. The Labute approximate surface area is 87.4 Å². The average Bonchev–Trinajstić information content (AvgIpc) is 2.86. The van der Waals surface area contributed by atoms with Gasteiger partial charge in [0.1, 0.15) is 0 Å². The van der Waals surface area contributed by atoms with Crippen molar-refractivity contribution in [1.82, 2.24) is 5.32 Å². The first-order valence-electron chi connectivity index (χ1n) is 6.23. The van der Waals surface area contributed by atoms with Crippen LogP contribution < -0.4 is 5.32 Å². The van der Waals surface area contributed by atoms with E-state index in [2.05, 4.69) is 5.32 Å². The molecule has 1 unspecified atom stereocenters. The fraction of sp³-hybridized carbons (Fsp3) is 1.00. The lowest BCUT2D eigenvalue weighted by Gasteiger charge is -2.11. The summed E-state index contributed by atoms with van der Waals surface area (Å²) in [5, 5.41) is 3.40. The Morgan fingerprint density at radius 2 is 1.93 bits per heavy atom. The molecule has 1 aliphatic heterocycles. The van der Waals surface area contributed by atoms with Crippen LogP contribution in [0.3, 0.4) is 0 Å². The SMILES string of the molecule is C1CCC(COCCC2CCNC2)C1. The molecule has 1 aliphatic carbocycles. The molecule has 2 fully saturated rings. The molecular weight excluding hydrogens is 174 g/mol. The first-order chi connectivity index (χ1) is 6.95. The van der Waals surface area contributed by atoms with Gasteiger partial charge in [-0.2, -0.15) is 0 Å². The zero-order valence-corrected chi connectivity index (χ0v) is 9.13. The van der Waals surface area contributed by atoms with Crippen LogP contribution in [0.15, 0.2) is 0 Å². The Hall–Kier alpha value is -0.0800. The zero-order chi connectivity index (χ0) is 9.64. The summed E-state index contributed by atoms with van der Waals surface area (Å²) in [4.78, 5) is 0. The molecule has 1 saturated heterocycles. The molecule has 1 heterocycles. The highest BCUT2D eigenvalue weighted by atomic mass is 16.5. The van der Waals surface area contributed by atoms with Crippen molar-refractivity contribution in [3.63, 3.8) is 0 Å². The first-order valence-corrected chi connectivity index (χ1v) is 6.23. The molecule has 2 heteroatoms. The second kappa shape index (κ2) is 5.72.